The number of amides is 1. The topological polar surface area (TPSA) is 90.3 Å². The molecule has 1 aromatic rings. The summed E-state index contributed by atoms with van der Waals surface area (Å²) in [5.41, 5.74) is 0.332. The fraction of sp³-hybridized carbons (Fsp3) is 0.636. The van der Waals surface area contributed by atoms with Crippen molar-refractivity contribution in [3.8, 4) is 0 Å². The van der Waals surface area contributed by atoms with Crippen molar-refractivity contribution in [1.29, 1.82) is 0 Å². The van der Waals surface area contributed by atoms with Gasteiger partial charge in [0.1, 0.15) is 6.10 Å². The van der Waals surface area contributed by atoms with Crippen molar-refractivity contribution < 1.29 is 31.1 Å². The van der Waals surface area contributed by atoms with Gasteiger partial charge in [0, 0.05) is 0 Å². The summed E-state index contributed by atoms with van der Waals surface area (Å²) in [5, 5.41) is 6.05. The number of rotatable bonds is 3. The van der Waals surface area contributed by atoms with Crippen molar-refractivity contribution in [3.63, 3.8) is 0 Å². The molecule has 22 heavy (non-hydrogen) atoms. The molecular formula is C11H14F3N3O4S. The number of hydrogen-bond acceptors (Lipinski definition) is 5. The molecule has 1 saturated heterocycles. The van der Waals surface area contributed by atoms with Crippen LogP contribution < -0.4 is 5.32 Å². The molecule has 0 saturated carbocycles. The molecule has 1 fully saturated rings. The van der Waals surface area contributed by atoms with Gasteiger partial charge in [-0.3, -0.25) is 4.79 Å². The minimum atomic E-state index is -4.51. The Labute approximate surface area is 124 Å². The van der Waals surface area contributed by atoms with Crippen LogP contribution in [0.15, 0.2) is 6.20 Å². The van der Waals surface area contributed by atoms with Crippen molar-refractivity contribution in [2.45, 2.75) is 38.1 Å². The van der Waals surface area contributed by atoms with E-state index in [1.807, 2.05) is 0 Å². The van der Waals surface area contributed by atoms with Crippen molar-refractivity contribution in [2.75, 3.05) is 11.6 Å². The van der Waals surface area contributed by atoms with Crippen molar-refractivity contribution in [2.24, 2.45) is 0 Å². The molecule has 1 amide bonds. The number of alkyl halides is 3. The van der Waals surface area contributed by atoms with E-state index in [4.69, 9.17) is 4.74 Å². The first-order valence-electron chi connectivity index (χ1n) is 6.28. The maximum absolute atomic E-state index is 12.5. The van der Waals surface area contributed by atoms with Gasteiger partial charge in [0.05, 0.1) is 23.8 Å². The van der Waals surface area contributed by atoms with Gasteiger partial charge < -0.3 is 10.1 Å². The second-order valence-corrected chi connectivity index (χ2v) is 6.83. The molecule has 2 rings (SSSR count). The Balaban J connectivity index is 2.06. The van der Waals surface area contributed by atoms with E-state index < -0.39 is 34.3 Å². The van der Waals surface area contributed by atoms with Crippen molar-refractivity contribution in [3.05, 3.63) is 11.9 Å². The monoisotopic (exact) mass is 341 g/mol. The van der Waals surface area contributed by atoms with Crippen LogP contribution in [-0.2, 0) is 19.6 Å². The number of ether oxygens (including phenoxy) is 1. The van der Waals surface area contributed by atoms with Crippen LogP contribution in [0, 0.1) is 6.92 Å². The van der Waals surface area contributed by atoms with E-state index in [-0.39, 0.29) is 24.2 Å². The van der Waals surface area contributed by atoms with E-state index >= 15 is 0 Å². The van der Waals surface area contributed by atoms with Crippen LogP contribution in [0.25, 0.3) is 0 Å². The van der Waals surface area contributed by atoms with E-state index in [1.165, 1.54) is 6.92 Å². The number of halogens is 3. The zero-order valence-corrected chi connectivity index (χ0v) is 12.5. The summed E-state index contributed by atoms with van der Waals surface area (Å²) in [5.74, 6) is -0.761. The number of anilines is 1. The van der Waals surface area contributed by atoms with E-state index in [2.05, 4.69) is 10.4 Å². The molecule has 0 bridgehead atoms. The fourth-order valence-corrected chi connectivity index (χ4v) is 2.58. The Morgan fingerprint density at radius 2 is 2.09 bits per heavy atom. The van der Waals surface area contributed by atoms with Gasteiger partial charge in [-0.1, -0.05) is 0 Å². The first-order chi connectivity index (χ1) is 9.98. The van der Waals surface area contributed by atoms with Gasteiger partial charge in [0.2, 0.25) is 0 Å². The van der Waals surface area contributed by atoms with Gasteiger partial charge in [-0.25, -0.2) is 8.42 Å². The molecule has 1 aromatic heterocycles. The molecule has 11 heteroatoms. The number of hydrogen-bond donors (Lipinski definition) is 1. The molecule has 0 aromatic carbocycles. The molecule has 124 valence electrons. The third kappa shape index (κ3) is 3.58. The van der Waals surface area contributed by atoms with Crippen LogP contribution in [0.1, 0.15) is 18.5 Å². The summed E-state index contributed by atoms with van der Waals surface area (Å²) in [6, 6.07) is 0. The highest BCUT2D eigenvalue weighted by atomic mass is 32.2. The zero-order chi connectivity index (χ0) is 16.7. The Morgan fingerprint density at radius 1 is 1.45 bits per heavy atom. The average molecular weight is 341 g/mol. The third-order valence-electron chi connectivity index (χ3n) is 3.15. The minimum Gasteiger partial charge on any atom is -0.356 e. The van der Waals surface area contributed by atoms with Crippen LogP contribution in [0.4, 0.5) is 18.9 Å². The van der Waals surface area contributed by atoms with Crippen LogP contribution in [-0.4, -0.2) is 48.2 Å². The fourth-order valence-electron chi connectivity index (χ4n) is 2.01. The predicted octanol–water partition coefficient (Wildman–Crippen LogP) is 1.05. The van der Waals surface area contributed by atoms with Gasteiger partial charge in [0.15, 0.2) is 6.10 Å². The van der Waals surface area contributed by atoms with Gasteiger partial charge in [0.25, 0.3) is 15.9 Å². The number of carbonyl (C=O) groups excluding carboxylic acids is 1. The Hall–Kier alpha value is -1.62. The lowest BCUT2D eigenvalue weighted by Crippen LogP contribution is -2.33. The molecule has 1 aliphatic heterocycles. The first kappa shape index (κ1) is 16.7. The molecule has 0 spiro atoms. The van der Waals surface area contributed by atoms with E-state index in [0.29, 0.717) is 4.09 Å². The zero-order valence-electron chi connectivity index (χ0n) is 11.7. The lowest BCUT2D eigenvalue weighted by molar-refractivity contribution is -0.213. The van der Waals surface area contributed by atoms with Crippen molar-refractivity contribution in [1.82, 2.24) is 9.19 Å². The summed E-state index contributed by atoms with van der Waals surface area (Å²) in [7, 11) is -3.61. The predicted molar refractivity (Wildman–Crippen MR) is 69.8 cm³/mol. The van der Waals surface area contributed by atoms with Crippen molar-refractivity contribution >= 4 is 21.6 Å². The molecule has 2 atom stereocenters. The van der Waals surface area contributed by atoms with Gasteiger partial charge >= 0.3 is 6.18 Å². The van der Waals surface area contributed by atoms with Gasteiger partial charge in [-0.2, -0.15) is 22.4 Å². The average Bonchev–Trinajstić information content (AvgIpc) is 2.95. The van der Waals surface area contributed by atoms with Crippen LogP contribution in [0.2, 0.25) is 0 Å². The normalized spacial score (nSPS) is 22.8. The molecule has 7 nitrogen and oxygen atoms in total. The summed E-state index contributed by atoms with van der Waals surface area (Å²) in [6.07, 6.45) is -6.03. The lowest BCUT2D eigenvalue weighted by atomic mass is 10.2. The maximum atomic E-state index is 12.5. The van der Waals surface area contributed by atoms with Crippen LogP contribution in [0.3, 0.4) is 0 Å². The van der Waals surface area contributed by atoms with Crippen LogP contribution in [0.5, 0.6) is 0 Å². The highest BCUT2D eigenvalue weighted by molar-refractivity contribution is 7.89. The summed E-state index contributed by atoms with van der Waals surface area (Å²) >= 11 is 0. The number of carbonyl (C=O) groups is 1. The van der Waals surface area contributed by atoms with Gasteiger partial charge in [-0.15, -0.1) is 0 Å². The Kier molecular flexibility index (Phi) is 4.22. The number of nitrogens with zero attached hydrogens (tertiary/aromatic N) is 2. The van der Waals surface area contributed by atoms with Crippen LogP contribution >= 0.6 is 0 Å². The maximum Gasteiger partial charge on any atom is 0.414 e. The highest BCUT2D eigenvalue weighted by Crippen LogP contribution is 2.33. The Bertz CT molecular complexity index is 683. The molecular weight excluding hydrogens is 327 g/mol. The number of aryl methyl sites for hydroxylation is 1. The quantitative estimate of drug-likeness (QED) is 0.887. The molecule has 0 aliphatic carbocycles. The van der Waals surface area contributed by atoms with Gasteiger partial charge in [-0.05, 0) is 19.8 Å². The molecule has 1 aliphatic rings. The van der Waals surface area contributed by atoms with E-state index in [9.17, 15) is 26.4 Å². The second kappa shape index (κ2) is 5.54. The molecule has 0 radical (unpaired) electrons. The smallest absolute Gasteiger partial charge is 0.356 e. The second-order valence-electron chi connectivity index (χ2n) is 4.99. The van der Waals surface area contributed by atoms with E-state index in [0.717, 1.165) is 12.5 Å². The third-order valence-corrected chi connectivity index (χ3v) is 4.02. The molecule has 2 unspecified atom stereocenters. The molecule has 2 heterocycles. The lowest BCUT2D eigenvalue weighted by Gasteiger charge is -2.15. The minimum absolute atomic E-state index is 0.0602. The SMILES string of the molecule is Cc1nn(S(C)(=O)=O)cc1NC(=O)C1CCC(C(F)(F)F)O1. The highest BCUT2D eigenvalue weighted by Gasteiger charge is 2.47. The van der Waals surface area contributed by atoms with E-state index in [1.54, 1.807) is 0 Å². The first-order valence-corrected chi connectivity index (χ1v) is 8.13. The summed E-state index contributed by atoms with van der Waals surface area (Å²) in [6.45, 7) is 1.46. The molecule has 1 N–H and O–H groups in total. The standard InChI is InChI=1S/C11H14F3N3O4S/c1-6-7(5-17(16-6)22(2,19)20)15-10(18)8-3-4-9(21-8)11(12,13)14/h5,8-9H,3-4H2,1-2H3,(H,15,18). The number of aromatic nitrogens is 2. The summed E-state index contributed by atoms with van der Waals surface area (Å²) < 4.78 is 65.5. The summed E-state index contributed by atoms with van der Waals surface area (Å²) in [4.78, 5) is 11.9. The Morgan fingerprint density at radius 3 is 2.55 bits per heavy atom. The largest absolute Gasteiger partial charge is 0.414 e. The number of nitrogens with one attached hydrogen (secondary N) is 1.